The molecule has 0 aliphatic carbocycles. The number of aryl methyl sites for hydroxylation is 2. The Balaban J connectivity index is 1.79. The Bertz CT molecular complexity index is 698. The van der Waals surface area contributed by atoms with Gasteiger partial charge < -0.3 is 10.1 Å². The fourth-order valence-corrected chi connectivity index (χ4v) is 2.83. The molecule has 0 heterocycles. The second-order valence-electron chi connectivity index (χ2n) is 5.66. The molecule has 0 aliphatic rings. The lowest BCUT2D eigenvalue weighted by molar-refractivity contribution is -0.120. The van der Waals surface area contributed by atoms with E-state index in [2.05, 4.69) is 47.2 Å². The van der Waals surface area contributed by atoms with Crippen molar-refractivity contribution in [2.24, 2.45) is 0 Å². The van der Waals surface area contributed by atoms with Crippen LogP contribution in [0.15, 0.2) is 40.9 Å². The number of rotatable bonds is 6. The van der Waals surface area contributed by atoms with Crippen molar-refractivity contribution in [1.82, 2.24) is 5.32 Å². The number of halogens is 1. The molecule has 2 aromatic rings. The van der Waals surface area contributed by atoms with Gasteiger partial charge >= 0.3 is 0 Å². The average molecular weight is 376 g/mol. The lowest BCUT2D eigenvalue weighted by atomic mass is 10.1. The molecule has 0 bridgehead atoms. The second kappa shape index (κ2) is 8.16. The first-order chi connectivity index (χ1) is 11.0. The van der Waals surface area contributed by atoms with Crippen LogP contribution >= 0.6 is 15.9 Å². The molecule has 0 atom stereocenters. The monoisotopic (exact) mass is 375 g/mol. The van der Waals surface area contributed by atoms with E-state index in [0.717, 1.165) is 26.9 Å². The van der Waals surface area contributed by atoms with Gasteiger partial charge in [0.25, 0.3) is 0 Å². The van der Waals surface area contributed by atoms with Crippen LogP contribution in [0.3, 0.4) is 0 Å². The zero-order valence-corrected chi connectivity index (χ0v) is 15.4. The van der Waals surface area contributed by atoms with Crippen LogP contribution in [-0.2, 0) is 11.2 Å². The van der Waals surface area contributed by atoms with Crippen molar-refractivity contribution >= 4 is 21.8 Å². The summed E-state index contributed by atoms with van der Waals surface area (Å²) in [5.74, 6) is 0.927. The zero-order chi connectivity index (χ0) is 16.8. The first kappa shape index (κ1) is 17.5. The number of hydrogen-bond donors (Lipinski definition) is 1. The van der Waals surface area contributed by atoms with Gasteiger partial charge in [0, 0.05) is 4.47 Å². The molecule has 1 amide bonds. The van der Waals surface area contributed by atoms with Crippen molar-refractivity contribution in [2.45, 2.75) is 27.2 Å². The number of ether oxygens (including phenoxy) is 1. The van der Waals surface area contributed by atoms with Crippen molar-refractivity contribution < 1.29 is 9.53 Å². The van der Waals surface area contributed by atoms with Crippen molar-refractivity contribution in [3.63, 3.8) is 0 Å². The Morgan fingerprint density at radius 3 is 2.61 bits per heavy atom. The van der Waals surface area contributed by atoms with E-state index in [9.17, 15) is 4.79 Å². The van der Waals surface area contributed by atoms with Gasteiger partial charge in [-0.3, -0.25) is 4.79 Å². The van der Waals surface area contributed by atoms with Gasteiger partial charge in [-0.1, -0.05) is 40.2 Å². The SMILES string of the molecule is Cc1ccc(C)c(OCCNC(=O)Cc2cccc(Br)c2)c1C. The smallest absolute Gasteiger partial charge is 0.224 e. The van der Waals surface area contributed by atoms with Crippen LogP contribution in [0.5, 0.6) is 5.75 Å². The molecule has 0 unspecified atom stereocenters. The molecule has 0 saturated carbocycles. The summed E-state index contributed by atoms with van der Waals surface area (Å²) in [4.78, 5) is 11.9. The van der Waals surface area contributed by atoms with Crippen LogP contribution in [0.1, 0.15) is 22.3 Å². The maximum atomic E-state index is 11.9. The lowest BCUT2D eigenvalue weighted by Gasteiger charge is -2.14. The molecule has 0 aliphatic heterocycles. The fraction of sp³-hybridized carbons (Fsp3) is 0.316. The number of benzene rings is 2. The standard InChI is InChI=1S/C19H22BrNO2/c1-13-7-8-14(2)19(15(13)3)23-10-9-21-18(22)12-16-5-4-6-17(20)11-16/h4-8,11H,9-10,12H2,1-3H3,(H,21,22). The molecule has 0 radical (unpaired) electrons. The summed E-state index contributed by atoms with van der Waals surface area (Å²) >= 11 is 3.41. The maximum Gasteiger partial charge on any atom is 0.224 e. The van der Waals surface area contributed by atoms with Gasteiger partial charge in [-0.15, -0.1) is 0 Å². The molecule has 122 valence electrons. The summed E-state index contributed by atoms with van der Waals surface area (Å²) < 4.78 is 6.83. The number of nitrogens with one attached hydrogen (secondary N) is 1. The highest BCUT2D eigenvalue weighted by Crippen LogP contribution is 2.25. The largest absolute Gasteiger partial charge is 0.491 e. The van der Waals surface area contributed by atoms with Gasteiger partial charge in [0.1, 0.15) is 12.4 Å². The molecule has 0 fully saturated rings. The summed E-state index contributed by atoms with van der Waals surface area (Å²) in [5.41, 5.74) is 4.48. The van der Waals surface area contributed by atoms with Gasteiger partial charge in [-0.25, -0.2) is 0 Å². The van der Waals surface area contributed by atoms with Crippen LogP contribution < -0.4 is 10.1 Å². The zero-order valence-electron chi connectivity index (χ0n) is 13.8. The third-order valence-corrected chi connectivity index (χ3v) is 4.29. The molecule has 4 heteroatoms. The Morgan fingerprint density at radius 2 is 1.87 bits per heavy atom. The van der Waals surface area contributed by atoms with E-state index >= 15 is 0 Å². The third-order valence-electron chi connectivity index (χ3n) is 3.80. The van der Waals surface area contributed by atoms with Gasteiger partial charge in [0.05, 0.1) is 13.0 Å². The van der Waals surface area contributed by atoms with E-state index in [-0.39, 0.29) is 5.91 Å². The van der Waals surface area contributed by atoms with Crippen LogP contribution in [-0.4, -0.2) is 19.1 Å². The molecule has 23 heavy (non-hydrogen) atoms. The van der Waals surface area contributed by atoms with Crippen molar-refractivity contribution in [3.8, 4) is 5.75 Å². The van der Waals surface area contributed by atoms with Gasteiger partial charge in [-0.05, 0) is 55.2 Å². The quantitative estimate of drug-likeness (QED) is 0.771. The average Bonchev–Trinajstić information content (AvgIpc) is 2.50. The van der Waals surface area contributed by atoms with Crippen LogP contribution in [0, 0.1) is 20.8 Å². The highest BCUT2D eigenvalue weighted by Gasteiger charge is 2.07. The second-order valence-corrected chi connectivity index (χ2v) is 6.57. The fourth-order valence-electron chi connectivity index (χ4n) is 2.39. The lowest BCUT2D eigenvalue weighted by Crippen LogP contribution is -2.29. The van der Waals surface area contributed by atoms with E-state index in [4.69, 9.17) is 4.74 Å². The van der Waals surface area contributed by atoms with E-state index in [1.54, 1.807) is 0 Å². The van der Waals surface area contributed by atoms with Crippen LogP contribution in [0.4, 0.5) is 0 Å². The highest BCUT2D eigenvalue weighted by molar-refractivity contribution is 9.10. The Hall–Kier alpha value is -1.81. The van der Waals surface area contributed by atoms with E-state index in [0.29, 0.717) is 19.6 Å². The first-order valence-corrected chi connectivity index (χ1v) is 8.47. The minimum atomic E-state index is 0.00406. The van der Waals surface area contributed by atoms with Crippen LogP contribution in [0.25, 0.3) is 0 Å². The maximum absolute atomic E-state index is 11.9. The van der Waals surface area contributed by atoms with E-state index < -0.39 is 0 Å². The molecular weight excluding hydrogens is 354 g/mol. The summed E-state index contributed by atoms with van der Waals surface area (Å²) in [7, 11) is 0. The van der Waals surface area contributed by atoms with Crippen LogP contribution in [0.2, 0.25) is 0 Å². The van der Waals surface area contributed by atoms with Gasteiger partial charge in [0.2, 0.25) is 5.91 Å². The normalized spacial score (nSPS) is 10.4. The molecule has 0 aromatic heterocycles. The molecule has 2 aromatic carbocycles. The van der Waals surface area contributed by atoms with Crippen molar-refractivity contribution in [2.75, 3.05) is 13.2 Å². The summed E-state index contributed by atoms with van der Waals surface area (Å²) in [6, 6.07) is 11.9. The van der Waals surface area contributed by atoms with E-state index in [1.165, 1.54) is 5.56 Å². The van der Waals surface area contributed by atoms with Gasteiger partial charge in [0.15, 0.2) is 0 Å². The van der Waals surface area contributed by atoms with E-state index in [1.807, 2.05) is 31.2 Å². The molecular formula is C19H22BrNO2. The number of hydrogen-bond acceptors (Lipinski definition) is 2. The molecule has 2 rings (SSSR count). The number of carbonyl (C=O) groups excluding carboxylic acids is 1. The minimum Gasteiger partial charge on any atom is -0.491 e. The number of amides is 1. The summed E-state index contributed by atoms with van der Waals surface area (Å²) in [6.07, 6.45) is 0.377. The molecule has 3 nitrogen and oxygen atoms in total. The summed E-state index contributed by atoms with van der Waals surface area (Å²) in [5, 5.41) is 2.90. The Morgan fingerprint density at radius 1 is 1.13 bits per heavy atom. The van der Waals surface area contributed by atoms with Crippen molar-refractivity contribution in [1.29, 1.82) is 0 Å². The van der Waals surface area contributed by atoms with Gasteiger partial charge in [-0.2, -0.15) is 0 Å². The molecule has 0 spiro atoms. The van der Waals surface area contributed by atoms with Crippen molar-refractivity contribution in [3.05, 3.63) is 63.1 Å². The first-order valence-electron chi connectivity index (χ1n) is 7.68. The number of carbonyl (C=O) groups is 1. The third kappa shape index (κ3) is 5.10. The topological polar surface area (TPSA) is 38.3 Å². The Labute approximate surface area is 146 Å². The predicted molar refractivity (Wildman–Crippen MR) is 97.0 cm³/mol. The predicted octanol–water partition coefficient (Wildman–Crippen LogP) is 4.11. The molecule has 1 N–H and O–H groups in total. The summed E-state index contributed by atoms with van der Waals surface area (Å²) in [6.45, 7) is 7.13. The highest BCUT2D eigenvalue weighted by atomic mass is 79.9. The minimum absolute atomic E-state index is 0.00406. The Kier molecular flexibility index (Phi) is 6.22. The molecule has 0 saturated heterocycles.